The monoisotopic (exact) mass is 784 g/mol. The summed E-state index contributed by atoms with van der Waals surface area (Å²) in [5, 5.41) is 13.7. The first-order valence-electron chi connectivity index (χ1n) is 19.3. The molecule has 3 aromatic heterocycles. The number of rotatable bonds is 14. The van der Waals surface area contributed by atoms with Gasteiger partial charge in [0.25, 0.3) is 0 Å². The zero-order chi connectivity index (χ0) is 38.6. The zero-order valence-electron chi connectivity index (χ0n) is 31.9. The number of hydrogen-bond acceptors (Lipinski definition) is 8. The number of halogens is 3. The predicted octanol–water partition coefficient (Wildman–Crippen LogP) is 13.2. The molecule has 1 saturated carbocycles. The fraction of sp³-hybridized carbons (Fsp3) is 0.386. The van der Waals surface area contributed by atoms with Gasteiger partial charge in [0.15, 0.2) is 10.3 Å². The van der Waals surface area contributed by atoms with Gasteiger partial charge in [0, 0.05) is 53.4 Å². The Labute approximate surface area is 331 Å². The number of nitrogens with zero attached hydrogens (tertiary/aromatic N) is 4. The second-order valence-corrected chi connectivity index (χ2v) is 16.6. The van der Waals surface area contributed by atoms with E-state index in [1.807, 2.05) is 42.6 Å². The second-order valence-electron chi connectivity index (χ2n) is 14.8. The third kappa shape index (κ3) is 12.1. The van der Waals surface area contributed by atoms with Crippen LogP contribution in [0.2, 0.25) is 0 Å². The number of benzene rings is 3. The lowest BCUT2D eigenvalue weighted by atomic mass is 9.88. The molecule has 2 N–H and O–H groups in total. The molecule has 0 spiro atoms. The summed E-state index contributed by atoms with van der Waals surface area (Å²) in [6.45, 7) is 8.13. The van der Waals surface area contributed by atoms with Gasteiger partial charge in [-0.3, -0.25) is 9.88 Å². The van der Waals surface area contributed by atoms with Crippen molar-refractivity contribution in [2.24, 2.45) is 11.8 Å². The van der Waals surface area contributed by atoms with Gasteiger partial charge in [0.2, 0.25) is 0 Å². The molecule has 0 saturated heterocycles. The summed E-state index contributed by atoms with van der Waals surface area (Å²) < 4.78 is 41.0. The van der Waals surface area contributed by atoms with E-state index in [-0.39, 0.29) is 6.54 Å². The first-order chi connectivity index (χ1) is 26.6. The Morgan fingerprint density at radius 1 is 0.782 bits per heavy atom. The molecule has 0 amide bonds. The quantitative estimate of drug-likeness (QED) is 0.115. The summed E-state index contributed by atoms with van der Waals surface area (Å²) in [5.41, 5.74) is 6.12. The summed E-state index contributed by atoms with van der Waals surface area (Å²) in [4.78, 5) is 15.8. The highest BCUT2D eigenvalue weighted by molar-refractivity contribution is 7.14. The van der Waals surface area contributed by atoms with Crippen molar-refractivity contribution in [1.29, 1.82) is 0 Å². The van der Waals surface area contributed by atoms with Crippen LogP contribution >= 0.6 is 22.7 Å². The van der Waals surface area contributed by atoms with Crippen LogP contribution in [0.25, 0.3) is 10.9 Å². The van der Waals surface area contributed by atoms with Gasteiger partial charge in [-0.05, 0) is 92.0 Å². The smallest absolute Gasteiger partial charge is 0.331 e. The number of hydrogen-bond donors (Lipinski definition) is 2. The molecular weight excluding hydrogens is 734 g/mol. The largest absolute Gasteiger partial charge is 0.416 e. The van der Waals surface area contributed by atoms with E-state index in [4.69, 9.17) is 4.98 Å². The van der Waals surface area contributed by atoms with Gasteiger partial charge in [-0.2, -0.15) is 13.2 Å². The molecule has 1 aliphatic carbocycles. The summed E-state index contributed by atoms with van der Waals surface area (Å²) in [5.74, 6) is 1.29. The van der Waals surface area contributed by atoms with Crippen LogP contribution in [-0.2, 0) is 25.7 Å². The molecule has 7 rings (SSSR count). The van der Waals surface area contributed by atoms with Gasteiger partial charge in [-0.25, -0.2) is 9.97 Å². The van der Waals surface area contributed by atoms with Crippen LogP contribution in [-0.4, -0.2) is 26.4 Å². The Bertz CT molecular complexity index is 2080. The number of alkyl halides is 3. The topological polar surface area (TPSA) is 66.0 Å². The van der Waals surface area contributed by atoms with Crippen molar-refractivity contribution >= 4 is 55.2 Å². The summed E-state index contributed by atoms with van der Waals surface area (Å²) in [7, 11) is 0. The van der Waals surface area contributed by atoms with Gasteiger partial charge in [0.1, 0.15) is 0 Å². The fourth-order valence-electron chi connectivity index (χ4n) is 7.18. The minimum absolute atomic E-state index is 0.251. The van der Waals surface area contributed by atoms with Crippen LogP contribution in [0, 0.1) is 18.8 Å². The molecule has 6 nitrogen and oxygen atoms in total. The molecule has 0 unspecified atom stereocenters. The van der Waals surface area contributed by atoms with Gasteiger partial charge in [-0.1, -0.05) is 82.0 Å². The van der Waals surface area contributed by atoms with E-state index in [2.05, 4.69) is 69.0 Å². The molecule has 1 fully saturated rings. The number of anilines is 4. The normalized spacial score (nSPS) is 13.6. The van der Waals surface area contributed by atoms with Crippen LogP contribution in [0.15, 0.2) is 95.8 Å². The Hall–Kier alpha value is -4.32. The minimum atomic E-state index is -4.36. The number of nitrogens with one attached hydrogen (secondary N) is 2. The molecule has 1 aliphatic rings. The van der Waals surface area contributed by atoms with E-state index in [9.17, 15) is 13.2 Å². The van der Waals surface area contributed by atoms with Crippen molar-refractivity contribution in [2.75, 3.05) is 17.2 Å². The molecular formula is C44H51F3N6S2. The summed E-state index contributed by atoms with van der Waals surface area (Å²) in [6, 6.07) is 24.3. The molecule has 290 valence electrons. The third-order valence-electron chi connectivity index (χ3n) is 9.89. The van der Waals surface area contributed by atoms with Crippen molar-refractivity contribution in [1.82, 2.24) is 19.9 Å². The van der Waals surface area contributed by atoms with E-state index in [0.717, 1.165) is 70.0 Å². The molecule has 11 heteroatoms. The zero-order valence-corrected chi connectivity index (χ0v) is 33.5. The number of aromatic nitrogens is 3. The van der Waals surface area contributed by atoms with Gasteiger partial charge in [-0.15, -0.1) is 22.7 Å². The van der Waals surface area contributed by atoms with Crippen LogP contribution in [0.5, 0.6) is 0 Å². The highest BCUT2D eigenvalue weighted by Crippen LogP contribution is 2.34. The van der Waals surface area contributed by atoms with Crippen LogP contribution < -0.4 is 10.6 Å². The highest BCUT2D eigenvalue weighted by atomic mass is 32.1. The average Bonchev–Trinajstić information content (AvgIpc) is 3.80. The number of aryl methyl sites for hydroxylation is 2. The maximum Gasteiger partial charge on any atom is 0.416 e. The SMILES string of the molecule is Cc1csc(Nc2ccccc2CCCC(C)C)n1.FC(F)(F)c1ccccc1CN(Cc1csc(Nc2cccc3ncccc23)n1)CC1CCCCC1. The Balaban J connectivity index is 0.000000228. The first-order valence-corrected chi connectivity index (χ1v) is 21.1. The van der Waals surface area contributed by atoms with Crippen molar-refractivity contribution in [2.45, 2.75) is 91.4 Å². The molecule has 3 aromatic carbocycles. The Kier molecular flexibility index (Phi) is 14.3. The lowest BCUT2D eigenvalue weighted by molar-refractivity contribution is -0.138. The second kappa shape index (κ2) is 19.5. The Morgan fingerprint density at radius 3 is 2.25 bits per heavy atom. The fourth-order valence-corrected chi connectivity index (χ4v) is 8.59. The van der Waals surface area contributed by atoms with E-state index in [1.54, 1.807) is 29.7 Å². The van der Waals surface area contributed by atoms with Crippen molar-refractivity contribution in [3.05, 3.63) is 124 Å². The van der Waals surface area contributed by atoms with E-state index in [0.29, 0.717) is 18.0 Å². The van der Waals surface area contributed by atoms with Crippen LogP contribution in [0.4, 0.5) is 34.8 Å². The maximum absolute atomic E-state index is 13.7. The van der Waals surface area contributed by atoms with Crippen molar-refractivity contribution < 1.29 is 13.2 Å². The van der Waals surface area contributed by atoms with Crippen LogP contribution in [0.3, 0.4) is 0 Å². The van der Waals surface area contributed by atoms with Gasteiger partial charge < -0.3 is 10.6 Å². The average molecular weight is 785 g/mol. The lowest BCUT2D eigenvalue weighted by Crippen LogP contribution is -2.31. The third-order valence-corrected chi connectivity index (χ3v) is 11.6. The molecule has 0 atom stereocenters. The number of para-hydroxylation sites is 1. The van der Waals surface area contributed by atoms with Crippen molar-refractivity contribution in [3.63, 3.8) is 0 Å². The van der Waals surface area contributed by atoms with Crippen molar-refractivity contribution in [3.8, 4) is 0 Å². The van der Waals surface area contributed by atoms with E-state index in [1.165, 1.54) is 66.8 Å². The molecule has 0 radical (unpaired) electrons. The number of thiazole rings is 2. The maximum atomic E-state index is 13.7. The highest BCUT2D eigenvalue weighted by Gasteiger charge is 2.33. The molecule has 0 aliphatic heterocycles. The lowest BCUT2D eigenvalue weighted by Gasteiger charge is -2.30. The van der Waals surface area contributed by atoms with Gasteiger partial charge in [0.05, 0.1) is 22.5 Å². The van der Waals surface area contributed by atoms with Gasteiger partial charge >= 0.3 is 6.18 Å². The molecule has 55 heavy (non-hydrogen) atoms. The summed E-state index contributed by atoms with van der Waals surface area (Å²) >= 11 is 3.17. The molecule has 3 heterocycles. The van der Waals surface area contributed by atoms with Crippen LogP contribution in [0.1, 0.15) is 86.9 Å². The first kappa shape index (κ1) is 40.3. The number of pyridine rings is 1. The molecule has 6 aromatic rings. The molecule has 0 bridgehead atoms. The number of fused-ring (bicyclic) bond motifs is 1. The Morgan fingerprint density at radius 2 is 1.49 bits per heavy atom. The summed E-state index contributed by atoms with van der Waals surface area (Å²) in [6.07, 6.45) is 6.98. The van der Waals surface area contributed by atoms with E-state index < -0.39 is 11.7 Å². The van der Waals surface area contributed by atoms with E-state index >= 15 is 0 Å². The standard InChI is InChI=1S/C28H29F3N4S.C16H22N2S/c29-28(30,31)24-12-5-4-10-21(24)17-35(16-20-8-2-1-3-9-20)18-22-19-36-27(33-22)34-26-14-6-13-25-23(26)11-7-15-32-25;1-12(2)7-6-9-14-8-4-5-10-15(14)18-16-17-13(3)11-19-16/h4-7,10-15,19-20H,1-3,8-9,16-18H2,(H,33,34);4-5,8,10-12H,6-7,9H2,1-3H3,(H,17,18). The predicted molar refractivity (Wildman–Crippen MR) is 224 cm³/mol. The minimum Gasteiger partial charge on any atom is -0.331 e.